The summed E-state index contributed by atoms with van der Waals surface area (Å²) in [6.45, 7) is -2.16. The van der Waals surface area contributed by atoms with Crippen LogP contribution < -0.4 is 20.3 Å². The molecule has 14 atom stereocenters. The van der Waals surface area contributed by atoms with Gasteiger partial charge in [0.05, 0.1) is 11.8 Å². The van der Waals surface area contributed by atoms with E-state index in [9.17, 15) is 111 Å². The summed E-state index contributed by atoms with van der Waals surface area (Å²) >= 11 is 0. The van der Waals surface area contributed by atoms with E-state index < -0.39 is 235 Å². The van der Waals surface area contributed by atoms with Crippen LogP contribution in [0.15, 0.2) is 115 Å². The lowest BCUT2D eigenvalue weighted by molar-refractivity contribution is -0.280. The third-order valence-corrected chi connectivity index (χ3v) is 15.8. The van der Waals surface area contributed by atoms with Gasteiger partial charge in [-0.15, -0.1) is 0 Å². The van der Waals surface area contributed by atoms with Crippen LogP contribution >= 0.6 is 0 Å². The van der Waals surface area contributed by atoms with Gasteiger partial charge in [0.25, 0.3) is 0 Å². The van der Waals surface area contributed by atoms with Crippen molar-refractivity contribution in [3.63, 3.8) is 0 Å². The molecule has 2 saturated heterocycles. The van der Waals surface area contributed by atoms with Crippen molar-refractivity contribution in [3.8, 4) is 103 Å². The van der Waals surface area contributed by atoms with Crippen molar-refractivity contribution < 1.29 is 139 Å². The highest BCUT2D eigenvalue weighted by Gasteiger charge is 2.61. The molecule has 6 aromatic carbocycles. The van der Waals surface area contributed by atoms with Gasteiger partial charge in [0.15, 0.2) is 57.5 Å². The van der Waals surface area contributed by atoms with E-state index in [0.29, 0.717) is 0 Å². The number of esters is 2. The van der Waals surface area contributed by atoms with E-state index in [2.05, 4.69) is 0 Å². The molecule has 0 spiro atoms. The number of aromatic hydroxyl groups is 12. The summed E-state index contributed by atoms with van der Waals surface area (Å²) in [4.78, 5) is 57.9. The average Bonchev–Trinajstić information content (AvgIpc) is 0.733. The molecule has 1 saturated carbocycles. The molecule has 30 heteroatoms. The molecule has 30 nitrogen and oxygen atoms in total. The summed E-state index contributed by atoms with van der Waals surface area (Å²) in [7, 11) is 0. The summed E-state index contributed by atoms with van der Waals surface area (Å²) in [5.41, 5.74) is -3.52. The minimum absolute atomic E-state index is 0.0244. The van der Waals surface area contributed by atoms with Gasteiger partial charge in [-0.2, -0.15) is 0 Å². The highest BCUT2D eigenvalue weighted by atomic mass is 16.7. The SMILES string of the molecule is O=C(OC[C@@H]1O[C@@H](Oc2c(-c3ccc(O)c(O)c3)oc3cc(O)cc(O)c3c2=O)[C@@H](O)[C@@H](O)[C@H]1O)[C@H]1[C@H](C(=O)OC[C@H]2O[C@@H](Oc3c(-c4ccc(O)c(O)c4)oc4cc(O)cc(O)c4c3=O)[C@H](O)[C@@H](O)[C@H]2O)[C@H](c2ccc(O)c(O)c2)[C@H]1c1ccc(O)c(O)c1. The van der Waals surface area contributed by atoms with E-state index in [1.54, 1.807) is 0 Å². The maximum atomic E-state index is 14.8. The van der Waals surface area contributed by atoms with Gasteiger partial charge in [0, 0.05) is 47.2 Å². The lowest BCUT2D eigenvalue weighted by atomic mass is 9.52. The molecule has 472 valence electrons. The number of carbonyl (C=O) groups excluding carboxylic acids is 2. The maximum Gasteiger partial charge on any atom is 0.310 e. The Morgan fingerprint density at radius 1 is 0.389 bits per heavy atom. The third-order valence-electron chi connectivity index (χ3n) is 15.8. The number of aliphatic hydroxyl groups excluding tert-OH is 6. The molecule has 3 aliphatic rings. The minimum atomic E-state index is -2.24. The Morgan fingerprint density at radius 2 is 0.733 bits per heavy atom. The topological polar surface area (TPSA) is 514 Å². The molecule has 0 unspecified atom stereocenters. The first kappa shape index (κ1) is 61.2. The van der Waals surface area contributed by atoms with E-state index in [4.69, 9.17) is 37.3 Å². The van der Waals surface area contributed by atoms with Crippen molar-refractivity contribution in [1.29, 1.82) is 0 Å². The normalized spacial score (nSPS) is 25.7. The molecular formula is C60H52O30. The molecule has 0 bridgehead atoms. The van der Waals surface area contributed by atoms with Gasteiger partial charge in [0.1, 0.15) is 107 Å². The Bertz CT molecular complexity index is 4000. The quantitative estimate of drug-likeness (QED) is 0.0544. The van der Waals surface area contributed by atoms with Crippen molar-refractivity contribution >= 4 is 33.9 Å². The van der Waals surface area contributed by atoms with Crippen LogP contribution in [0.1, 0.15) is 23.0 Å². The fraction of sp³-hybridized carbons (Fsp3) is 0.267. The van der Waals surface area contributed by atoms with Gasteiger partial charge in [-0.25, -0.2) is 0 Å². The Labute approximate surface area is 501 Å². The van der Waals surface area contributed by atoms with Gasteiger partial charge >= 0.3 is 11.9 Å². The predicted molar refractivity (Wildman–Crippen MR) is 298 cm³/mol. The van der Waals surface area contributed by atoms with Crippen LogP contribution in [0, 0.1) is 11.8 Å². The lowest BCUT2D eigenvalue weighted by Gasteiger charge is -2.50. The first-order valence-corrected chi connectivity index (χ1v) is 26.9. The fourth-order valence-corrected chi connectivity index (χ4v) is 11.2. The number of hydrogen-bond donors (Lipinski definition) is 18. The van der Waals surface area contributed by atoms with Gasteiger partial charge in [-0.1, -0.05) is 12.1 Å². The van der Waals surface area contributed by atoms with Crippen LogP contribution in [0.2, 0.25) is 0 Å². The summed E-state index contributed by atoms with van der Waals surface area (Å²) in [5, 5.41) is 191. The van der Waals surface area contributed by atoms with Gasteiger partial charge in [0.2, 0.25) is 34.9 Å². The predicted octanol–water partition coefficient (Wildman–Crippen LogP) is 1.67. The fourth-order valence-electron chi connectivity index (χ4n) is 11.2. The van der Waals surface area contributed by atoms with E-state index in [1.807, 2.05) is 0 Å². The van der Waals surface area contributed by atoms with Gasteiger partial charge in [-0.05, 0) is 71.8 Å². The van der Waals surface area contributed by atoms with Crippen molar-refractivity contribution in [2.45, 2.75) is 73.2 Å². The van der Waals surface area contributed by atoms with Crippen LogP contribution in [-0.4, -0.2) is 178 Å². The van der Waals surface area contributed by atoms with Crippen LogP contribution in [0.4, 0.5) is 0 Å². The molecule has 3 fully saturated rings. The Hall–Kier alpha value is -10.4. The standard InChI is InChI=1S/C60H52O30/c61-23-13-33(71)41-35(15-23)85-53(21-3-7-27(65)31(69)11-21)55(47(41)75)89-59-51(79)49(77)45(73)37(87-59)17-83-57(81)43-39(19-1-5-25(63)29(67)9-19)40(20-2-6-26(64)30(68)10-20)44(43)58(82)84-18-38-46(74)50(78)52(80)60(88-38)90-56-48(76)42-34(72)14-24(62)16-36(42)86-54(56)22-4-8-28(66)32(70)12-22/h1-16,37-40,43-46,49-52,59-74,77-80H,17-18H2/t37-,38+,39-,40-,43-,44-,45+,46+,49+,50+,51-,52+,59+,60+/m1/s1. The zero-order valence-electron chi connectivity index (χ0n) is 45.7. The number of ether oxygens (including phenoxy) is 6. The molecule has 0 radical (unpaired) electrons. The lowest BCUT2D eigenvalue weighted by Crippen LogP contribution is -2.61. The monoisotopic (exact) mass is 1250 g/mol. The van der Waals surface area contributed by atoms with E-state index in [1.165, 1.54) is 12.1 Å². The first-order valence-electron chi connectivity index (χ1n) is 26.9. The second kappa shape index (κ2) is 23.6. The van der Waals surface area contributed by atoms with Crippen molar-refractivity contribution in [2.24, 2.45) is 11.8 Å². The average molecular weight is 1250 g/mol. The summed E-state index contributed by atoms with van der Waals surface area (Å²) in [6, 6.07) is 16.2. The molecule has 4 heterocycles. The van der Waals surface area contributed by atoms with Crippen molar-refractivity contribution in [3.05, 3.63) is 129 Å². The number of fused-ring (bicyclic) bond motifs is 2. The van der Waals surface area contributed by atoms with Crippen molar-refractivity contribution in [1.82, 2.24) is 0 Å². The number of carbonyl (C=O) groups is 2. The third kappa shape index (κ3) is 11.0. The highest BCUT2D eigenvalue weighted by molar-refractivity contribution is 5.90. The molecule has 2 aromatic heterocycles. The number of aliphatic hydroxyl groups is 6. The molecule has 2 aliphatic heterocycles. The molecular weight excluding hydrogens is 1200 g/mol. The van der Waals surface area contributed by atoms with Crippen LogP contribution in [-0.2, 0) is 28.5 Å². The van der Waals surface area contributed by atoms with E-state index in [-0.39, 0.29) is 22.3 Å². The Morgan fingerprint density at radius 3 is 1.08 bits per heavy atom. The molecule has 11 rings (SSSR count). The van der Waals surface area contributed by atoms with Gasteiger partial charge in [-0.3, -0.25) is 19.2 Å². The molecule has 90 heavy (non-hydrogen) atoms. The highest BCUT2D eigenvalue weighted by Crippen LogP contribution is 2.60. The summed E-state index contributed by atoms with van der Waals surface area (Å²) < 4.78 is 46.3. The van der Waals surface area contributed by atoms with E-state index >= 15 is 0 Å². The zero-order valence-corrected chi connectivity index (χ0v) is 45.7. The second-order valence-electron chi connectivity index (χ2n) is 21.4. The molecule has 1 aliphatic carbocycles. The number of phenols is 12. The van der Waals surface area contributed by atoms with Gasteiger partial charge < -0.3 is 129 Å². The largest absolute Gasteiger partial charge is 0.508 e. The maximum absolute atomic E-state index is 14.8. The van der Waals surface area contributed by atoms with Crippen LogP contribution in [0.5, 0.6) is 80.5 Å². The molecule has 18 N–H and O–H groups in total. The summed E-state index contributed by atoms with van der Waals surface area (Å²) in [5.74, 6) is -19.9. The van der Waals surface area contributed by atoms with E-state index in [0.717, 1.165) is 84.9 Å². The molecule has 0 amide bonds. The number of hydrogen-bond acceptors (Lipinski definition) is 30. The minimum Gasteiger partial charge on any atom is -0.508 e. The number of phenolic OH excluding ortho intramolecular Hbond substituents is 12. The summed E-state index contributed by atoms with van der Waals surface area (Å²) in [6.07, 6.45) is -21.4. The number of benzene rings is 6. The Balaban J connectivity index is 0.893. The zero-order chi connectivity index (χ0) is 64.6. The first-order chi connectivity index (χ1) is 42.7. The van der Waals surface area contributed by atoms with Crippen LogP contribution in [0.3, 0.4) is 0 Å². The number of rotatable bonds is 14. The smallest absolute Gasteiger partial charge is 0.310 e. The van der Waals surface area contributed by atoms with Crippen molar-refractivity contribution in [2.75, 3.05) is 13.2 Å². The van der Waals surface area contributed by atoms with Crippen LogP contribution in [0.25, 0.3) is 44.6 Å². The second-order valence-corrected chi connectivity index (χ2v) is 21.4. The molecule has 8 aromatic rings. The Kier molecular flexibility index (Phi) is 16.0.